The summed E-state index contributed by atoms with van der Waals surface area (Å²) in [6, 6.07) is 3.06. The van der Waals surface area contributed by atoms with Crippen LogP contribution >= 0.6 is 11.6 Å². The summed E-state index contributed by atoms with van der Waals surface area (Å²) in [4.78, 5) is 11.8. The molecule has 2 aliphatic rings. The fraction of sp³-hybridized carbons (Fsp3) is 0.500. The Hall–Kier alpha value is -1.33. The van der Waals surface area contributed by atoms with Gasteiger partial charge in [0.15, 0.2) is 11.4 Å². The Morgan fingerprint density at radius 1 is 1.35 bits per heavy atom. The van der Waals surface area contributed by atoms with Crippen molar-refractivity contribution in [2.75, 3.05) is 18.4 Å². The summed E-state index contributed by atoms with van der Waals surface area (Å²) < 4.78 is 20.0. The average Bonchev–Trinajstić information content (AvgIpc) is 2.31. The van der Waals surface area contributed by atoms with E-state index in [0.29, 0.717) is 24.2 Å². The predicted molar refractivity (Wildman–Crippen MR) is 74.5 cm³/mol. The minimum atomic E-state index is -1.01. The Morgan fingerprint density at radius 3 is 2.80 bits per heavy atom. The molecule has 1 unspecified atom stereocenters. The van der Waals surface area contributed by atoms with Crippen molar-refractivity contribution in [3.05, 3.63) is 28.5 Å². The summed E-state index contributed by atoms with van der Waals surface area (Å²) in [7, 11) is 0. The number of ether oxygens (including phenoxy) is 1. The summed E-state index contributed by atoms with van der Waals surface area (Å²) in [6.07, 6.45) is -0.0104. The molecule has 0 aromatic heterocycles. The maximum Gasteiger partial charge on any atom is 0.412 e. The Bertz CT molecular complexity index is 591. The molecule has 0 saturated carbocycles. The van der Waals surface area contributed by atoms with Crippen LogP contribution in [0.25, 0.3) is 0 Å². The van der Waals surface area contributed by atoms with Gasteiger partial charge >= 0.3 is 6.09 Å². The number of rotatable bonds is 0. The number of hydrogen-bond acceptors (Lipinski definition) is 3. The van der Waals surface area contributed by atoms with E-state index in [4.69, 9.17) is 16.3 Å². The van der Waals surface area contributed by atoms with Crippen LogP contribution in [0.1, 0.15) is 25.8 Å². The molecule has 0 aliphatic carbocycles. The maximum atomic E-state index is 14.5. The molecule has 0 radical (unpaired) electrons. The summed E-state index contributed by atoms with van der Waals surface area (Å²) in [5, 5.41) is 5.80. The van der Waals surface area contributed by atoms with Gasteiger partial charge in [-0.25, -0.2) is 9.18 Å². The van der Waals surface area contributed by atoms with E-state index in [1.807, 2.05) is 0 Å². The molecule has 4 nitrogen and oxygen atoms in total. The van der Waals surface area contributed by atoms with Gasteiger partial charge in [-0.2, -0.15) is 0 Å². The third kappa shape index (κ3) is 2.05. The first kappa shape index (κ1) is 13.6. The molecule has 108 valence electrons. The van der Waals surface area contributed by atoms with Crippen LogP contribution in [0.3, 0.4) is 0 Å². The van der Waals surface area contributed by atoms with Gasteiger partial charge in [0.1, 0.15) is 0 Å². The second-order valence-corrected chi connectivity index (χ2v) is 6.64. The minimum absolute atomic E-state index is 0.0336. The molecule has 0 bridgehead atoms. The zero-order valence-electron chi connectivity index (χ0n) is 11.3. The lowest BCUT2D eigenvalue weighted by molar-refractivity contribution is -0.0437. The number of fused-ring (bicyclic) bond motifs is 2. The summed E-state index contributed by atoms with van der Waals surface area (Å²) in [6.45, 7) is 5.28. The first-order valence-corrected chi connectivity index (χ1v) is 6.90. The maximum absolute atomic E-state index is 14.5. The summed E-state index contributed by atoms with van der Waals surface area (Å²) in [5.41, 5.74) is -0.344. The van der Waals surface area contributed by atoms with Gasteiger partial charge in [-0.05, 0) is 24.0 Å². The van der Waals surface area contributed by atoms with Crippen LogP contribution in [0, 0.1) is 11.2 Å². The van der Waals surface area contributed by atoms with E-state index in [-0.39, 0.29) is 10.4 Å². The molecule has 1 spiro atoms. The van der Waals surface area contributed by atoms with Gasteiger partial charge in [-0.3, -0.25) is 5.32 Å². The molecule has 1 aromatic rings. The average molecular weight is 299 g/mol. The van der Waals surface area contributed by atoms with Gasteiger partial charge < -0.3 is 10.1 Å². The second-order valence-electron chi connectivity index (χ2n) is 6.24. The highest BCUT2D eigenvalue weighted by Crippen LogP contribution is 2.47. The number of amides is 1. The van der Waals surface area contributed by atoms with Crippen molar-refractivity contribution in [2.24, 2.45) is 5.41 Å². The highest BCUT2D eigenvalue weighted by Gasteiger charge is 2.50. The molecule has 3 rings (SSSR count). The van der Waals surface area contributed by atoms with Gasteiger partial charge in [0.25, 0.3) is 0 Å². The van der Waals surface area contributed by atoms with Gasteiger partial charge in [0.2, 0.25) is 0 Å². The molecule has 6 heteroatoms. The molecule has 1 fully saturated rings. The Morgan fingerprint density at radius 2 is 2.10 bits per heavy atom. The van der Waals surface area contributed by atoms with Gasteiger partial charge in [0, 0.05) is 13.1 Å². The number of halogens is 2. The van der Waals surface area contributed by atoms with E-state index in [1.165, 1.54) is 6.07 Å². The minimum Gasteiger partial charge on any atom is -0.436 e. The quantitative estimate of drug-likeness (QED) is 0.773. The molecule has 2 aliphatic heterocycles. The molecule has 1 amide bonds. The number of benzene rings is 1. The van der Waals surface area contributed by atoms with Gasteiger partial charge in [0.05, 0.1) is 16.3 Å². The summed E-state index contributed by atoms with van der Waals surface area (Å²) >= 11 is 5.89. The highest BCUT2D eigenvalue weighted by atomic mass is 35.5. The Labute approximate surface area is 121 Å². The molecule has 1 aromatic carbocycles. The Kier molecular flexibility index (Phi) is 2.95. The second kappa shape index (κ2) is 4.33. The molecule has 20 heavy (non-hydrogen) atoms. The fourth-order valence-electron chi connectivity index (χ4n) is 3.21. The van der Waals surface area contributed by atoms with Crippen molar-refractivity contribution < 1.29 is 13.9 Å². The van der Waals surface area contributed by atoms with Crippen molar-refractivity contribution in [3.8, 4) is 0 Å². The van der Waals surface area contributed by atoms with Gasteiger partial charge in [-0.15, -0.1) is 0 Å². The number of anilines is 1. The number of piperidine rings is 1. The van der Waals surface area contributed by atoms with E-state index < -0.39 is 17.5 Å². The van der Waals surface area contributed by atoms with Crippen molar-refractivity contribution in [1.29, 1.82) is 0 Å². The third-order valence-electron chi connectivity index (χ3n) is 3.85. The van der Waals surface area contributed by atoms with Crippen LogP contribution in [0.2, 0.25) is 5.02 Å². The summed E-state index contributed by atoms with van der Waals surface area (Å²) in [5.74, 6) is -0.524. The molecule has 2 heterocycles. The molecule has 2 N–H and O–H groups in total. The van der Waals surface area contributed by atoms with E-state index in [0.717, 1.165) is 6.54 Å². The number of carbonyl (C=O) groups excluding carboxylic acids is 1. The molecule has 1 atom stereocenters. The first-order chi connectivity index (χ1) is 9.33. The number of nitrogens with one attached hydrogen (secondary N) is 2. The van der Waals surface area contributed by atoms with Crippen LogP contribution < -0.4 is 10.6 Å². The SMILES string of the molecule is CC1(C)CNCC2(C1)OC(=O)Nc1ccc(Cl)c(F)c12. The van der Waals surface area contributed by atoms with Crippen LogP contribution in [0.15, 0.2) is 12.1 Å². The van der Waals surface area contributed by atoms with Crippen molar-refractivity contribution in [2.45, 2.75) is 25.9 Å². The van der Waals surface area contributed by atoms with Crippen LogP contribution in [0.5, 0.6) is 0 Å². The third-order valence-corrected chi connectivity index (χ3v) is 4.15. The predicted octanol–water partition coefficient (Wildman–Crippen LogP) is 3.26. The monoisotopic (exact) mass is 298 g/mol. The smallest absolute Gasteiger partial charge is 0.412 e. The van der Waals surface area contributed by atoms with Crippen molar-refractivity contribution >= 4 is 23.4 Å². The van der Waals surface area contributed by atoms with Gasteiger partial charge in [-0.1, -0.05) is 25.4 Å². The van der Waals surface area contributed by atoms with Crippen molar-refractivity contribution in [1.82, 2.24) is 5.32 Å². The zero-order valence-corrected chi connectivity index (χ0v) is 12.1. The zero-order chi connectivity index (χ0) is 14.5. The lowest BCUT2D eigenvalue weighted by Crippen LogP contribution is -2.55. The standard InChI is InChI=1S/C14H16ClFN2O2/c1-13(2)5-14(7-17-6-13)10-9(18-12(19)20-14)4-3-8(15)11(10)16/h3-4,17H,5-7H2,1-2H3,(H,18,19). The fourth-order valence-corrected chi connectivity index (χ4v) is 3.37. The lowest BCUT2D eigenvalue weighted by Gasteiger charge is -2.47. The Balaban J connectivity index is 2.18. The molecule has 1 saturated heterocycles. The van der Waals surface area contributed by atoms with E-state index in [2.05, 4.69) is 24.5 Å². The normalized spacial score (nSPS) is 27.7. The number of carbonyl (C=O) groups is 1. The van der Waals surface area contributed by atoms with Crippen LogP contribution in [-0.4, -0.2) is 19.2 Å². The van der Waals surface area contributed by atoms with E-state index in [1.54, 1.807) is 6.07 Å². The topological polar surface area (TPSA) is 50.4 Å². The van der Waals surface area contributed by atoms with Crippen LogP contribution in [0.4, 0.5) is 14.9 Å². The lowest BCUT2D eigenvalue weighted by atomic mass is 9.73. The van der Waals surface area contributed by atoms with Crippen LogP contribution in [-0.2, 0) is 10.3 Å². The first-order valence-electron chi connectivity index (χ1n) is 6.52. The van der Waals surface area contributed by atoms with E-state index >= 15 is 0 Å². The van der Waals surface area contributed by atoms with Crippen molar-refractivity contribution in [3.63, 3.8) is 0 Å². The molecular weight excluding hydrogens is 283 g/mol. The highest BCUT2D eigenvalue weighted by molar-refractivity contribution is 6.31. The largest absolute Gasteiger partial charge is 0.436 e. The molecular formula is C14H16ClFN2O2. The van der Waals surface area contributed by atoms with E-state index in [9.17, 15) is 9.18 Å². The number of hydrogen-bond donors (Lipinski definition) is 2.